The van der Waals surface area contributed by atoms with Crippen LogP contribution >= 0.6 is 23.4 Å². The van der Waals surface area contributed by atoms with Crippen LogP contribution in [-0.4, -0.2) is 21.8 Å². The molecule has 0 fully saturated rings. The second-order valence-electron chi connectivity index (χ2n) is 3.78. The standard InChI is InChI=1S/C11H12ClNO4S/c1-7(11(14)15)5-18-6-8-4-9(12)2-3-10(8)13(16)17/h2-4,7H,5-6H2,1H3,(H,14,15). The zero-order valence-electron chi connectivity index (χ0n) is 9.63. The Hall–Kier alpha value is -1.27. The molecule has 1 unspecified atom stereocenters. The maximum absolute atomic E-state index is 10.8. The number of carbonyl (C=O) groups is 1. The molecule has 0 aliphatic carbocycles. The van der Waals surface area contributed by atoms with Crippen LogP contribution in [0.15, 0.2) is 18.2 Å². The number of rotatable bonds is 6. The number of nitro groups is 1. The maximum atomic E-state index is 10.8. The maximum Gasteiger partial charge on any atom is 0.307 e. The second kappa shape index (κ2) is 6.61. The van der Waals surface area contributed by atoms with Crippen molar-refractivity contribution in [1.82, 2.24) is 0 Å². The molecular weight excluding hydrogens is 278 g/mol. The zero-order valence-corrected chi connectivity index (χ0v) is 11.2. The van der Waals surface area contributed by atoms with Crippen LogP contribution in [-0.2, 0) is 10.5 Å². The van der Waals surface area contributed by atoms with Crippen molar-refractivity contribution in [3.63, 3.8) is 0 Å². The number of carboxylic acid groups (broad SMARTS) is 1. The lowest BCUT2D eigenvalue weighted by Gasteiger charge is -2.06. The highest BCUT2D eigenvalue weighted by molar-refractivity contribution is 7.98. The average molecular weight is 290 g/mol. The first kappa shape index (κ1) is 14.8. The zero-order chi connectivity index (χ0) is 13.7. The highest BCUT2D eigenvalue weighted by atomic mass is 35.5. The topological polar surface area (TPSA) is 80.4 Å². The van der Waals surface area contributed by atoms with Gasteiger partial charge in [0.1, 0.15) is 0 Å². The summed E-state index contributed by atoms with van der Waals surface area (Å²) in [6.07, 6.45) is 0. The molecule has 0 heterocycles. The average Bonchev–Trinajstić information content (AvgIpc) is 2.28. The molecule has 1 aromatic carbocycles. The van der Waals surface area contributed by atoms with Gasteiger partial charge in [0.25, 0.3) is 5.69 Å². The van der Waals surface area contributed by atoms with Gasteiger partial charge in [-0.1, -0.05) is 18.5 Å². The number of halogens is 1. The molecule has 0 spiro atoms. The molecule has 0 aliphatic rings. The summed E-state index contributed by atoms with van der Waals surface area (Å²) < 4.78 is 0. The molecule has 98 valence electrons. The van der Waals surface area contributed by atoms with Crippen LogP contribution in [0.25, 0.3) is 0 Å². The van der Waals surface area contributed by atoms with Crippen LogP contribution in [0.1, 0.15) is 12.5 Å². The predicted octanol–water partition coefficient (Wildman–Crippen LogP) is 3.20. The number of nitrogens with zero attached hydrogens (tertiary/aromatic N) is 1. The van der Waals surface area contributed by atoms with Crippen LogP contribution < -0.4 is 0 Å². The van der Waals surface area contributed by atoms with Crippen LogP contribution in [0, 0.1) is 16.0 Å². The van der Waals surface area contributed by atoms with Gasteiger partial charge in [-0.25, -0.2) is 0 Å². The number of aliphatic carboxylic acids is 1. The van der Waals surface area contributed by atoms with E-state index in [1.165, 1.54) is 30.0 Å². The van der Waals surface area contributed by atoms with Crippen molar-refractivity contribution in [2.75, 3.05) is 5.75 Å². The summed E-state index contributed by atoms with van der Waals surface area (Å²) in [5.41, 5.74) is 0.518. The lowest BCUT2D eigenvalue weighted by Crippen LogP contribution is -2.11. The molecule has 0 bridgehead atoms. The molecular formula is C11H12ClNO4S. The van der Waals surface area contributed by atoms with Gasteiger partial charge in [0, 0.05) is 28.2 Å². The van der Waals surface area contributed by atoms with Crippen molar-refractivity contribution >= 4 is 35.0 Å². The number of carboxylic acids is 1. The van der Waals surface area contributed by atoms with E-state index in [9.17, 15) is 14.9 Å². The van der Waals surface area contributed by atoms with Crippen molar-refractivity contribution < 1.29 is 14.8 Å². The van der Waals surface area contributed by atoms with Crippen LogP contribution in [0.2, 0.25) is 5.02 Å². The molecule has 18 heavy (non-hydrogen) atoms. The summed E-state index contributed by atoms with van der Waals surface area (Å²) in [6.45, 7) is 1.60. The third-order valence-corrected chi connectivity index (χ3v) is 3.77. The van der Waals surface area contributed by atoms with Crippen LogP contribution in [0.4, 0.5) is 5.69 Å². The van der Waals surface area contributed by atoms with Crippen LogP contribution in [0.5, 0.6) is 0 Å². The number of nitro benzene ring substituents is 1. The third-order valence-electron chi connectivity index (χ3n) is 2.29. The molecule has 1 N–H and O–H groups in total. The Morgan fingerprint density at radius 2 is 2.28 bits per heavy atom. The SMILES string of the molecule is CC(CSCc1cc(Cl)ccc1[N+](=O)[O-])C(=O)O. The quantitative estimate of drug-likeness (QED) is 0.642. The van der Waals surface area contributed by atoms with E-state index in [0.717, 1.165) is 0 Å². The summed E-state index contributed by atoms with van der Waals surface area (Å²) in [7, 11) is 0. The number of hydrogen-bond acceptors (Lipinski definition) is 4. The van der Waals surface area contributed by atoms with Gasteiger partial charge in [-0.05, 0) is 12.1 Å². The molecule has 0 saturated heterocycles. The van der Waals surface area contributed by atoms with Gasteiger partial charge in [0.05, 0.1) is 10.8 Å². The van der Waals surface area contributed by atoms with E-state index >= 15 is 0 Å². The van der Waals surface area contributed by atoms with E-state index in [1.807, 2.05) is 0 Å². The molecule has 0 radical (unpaired) electrons. The highest BCUT2D eigenvalue weighted by Crippen LogP contribution is 2.27. The summed E-state index contributed by atoms with van der Waals surface area (Å²) in [4.78, 5) is 21.0. The van der Waals surface area contributed by atoms with E-state index in [4.69, 9.17) is 16.7 Å². The van der Waals surface area contributed by atoms with E-state index in [0.29, 0.717) is 22.1 Å². The van der Waals surface area contributed by atoms with Gasteiger partial charge in [-0.15, -0.1) is 0 Å². The van der Waals surface area contributed by atoms with E-state index < -0.39 is 16.8 Å². The van der Waals surface area contributed by atoms with Crippen molar-refractivity contribution in [2.24, 2.45) is 5.92 Å². The van der Waals surface area contributed by atoms with E-state index in [1.54, 1.807) is 6.92 Å². The first-order valence-corrected chi connectivity index (χ1v) is 6.68. The molecule has 0 saturated carbocycles. The first-order chi connectivity index (χ1) is 8.41. The Bertz CT molecular complexity index is 466. The molecule has 1 aromatic rings. The predicted molar refractivity (Wildman–Crippen MR) is 71.1 cm³/mol. The number of thioether (sulfide) groups is 1. The molecule has 1 rings (SSSR count). The van der Waals surface area contributed by atoms with Gasteiger partial charge in [-0.3, -0.25) is 14.9 Å². The fourth-order valence-electron chi connectivity index (χ4n) is 1.26. The Morgan fingerprint density at radius 3 is 2.83 bits per heavy atom. The Kier molecular flexibility index (Phi) is 5.43. The summed E-state index contributed by atoms with van der Waals surface area (Å²) in [6, 6.07) is 4.37. The Balaban J connectivity index is 2.69. The lowest BCUT2D eigenvalue weighted by atomic mass is 10.2. The van der Waals surface area contributed by atoms with Crippen LogP contribution in [0.3, 0.4) is 0 Å². The van der Waals surface area contributed by atoms with Gasteiger partial charge in [0.15, 0.2) is 0 Å². The van der Waals surface area contributed by atoms with Crippen molar-refractivity contribution in [1.29, 1.82) is 0 Å². The fourth-order valence-corrected chi connectivity index (χ4v) is 2.52. The largest absolute Gasteiger partial charge is 0.481 e. The summed E-state index contributed by atoms with van der Waals surface area (Å²) in [5, 5.41) is 20.0. The second-order valence-corrected chi connectivity index (χ2v) is 5.25. The molecule has 0 aliphatic heterocycles. The molecule has 1 atom stereocenters. The summed E-state index contributed by atoms with van der Waals surface area (Å²) in [5.74, 6) is -0.579. The fraction of sp³-hybridized carbons (Fsp3) is 0.364. The highest BCUT2D eigenvalue weighted by Gasteiger charge is 2.15. The Morgan fingerprint density at radius 1 is 1.61 bits per heavy atom. The van der Waals surface area contributed by atoms with Gasteiger partial charge < -0.3 is 5.11 Å². The minimum atomic E-state index is -0.872. The summed E-state index contributed by atoms with van der Waals surface area (Å²) >= 11 is 7.13. The molecule has 7 heteroatoms. The number of benzene rings is 1. The smallest absolute Gasteiger partial charge is 0.307 e. The van der Waals surface area contributed by atoms with E-state index in [-0.39, 0.29) is 5.69 Å². The minimum Gasteiger partial charge on any atom is -0.481 e. The van der Waals surface area contributed by atoms with Gasteiger partial charge in [0.2, 0.25) is 0 Å². The van der Waals surface area contributed by atoms with Crippen molar-refractivity contribution in [3.05, 3.63) is 38.9 Å². The van der Waals surface area contributed by atoms with E-state index in [2.05, 4.69) is 0 Å². The minimum absolute atomic E-state index is 0.00915. The first-order valence-electron chi connectivity index (χ1n) is 5.15. The van der Waals surface area contributed by atoms with Gasteiger partial charge in [-0.2, -0.15) is 11.8 Å². The van der Waals surface area contributed by atoms with Crippen molar-refractivity contribution in [3.8, 4) is 0 Å². The molecule has 0 aromatic heterocycles. The van der Waals surface area contributed by atoms with Crippen molar-refractivity contribution in [2.45, 2.75) is 12.7 Å². The monoisotopic (exact) mass is 289 g/mol. The Labute approximate surface area is 113 Å². The third kappa shape index (κ3) is 4.19. The molecule has 0 amide bonds. The molecule has 5 nitrogen and oxygen atoms in total. The lowest BCUT2D eigenvalue weighted by molar-refractivity contribution is -0.385. The van der Waals surface area contributed by atoms with Gasteiger partial charge >= 0.3 is 5.97 Å². The number of hydrogen-bond donors (Lipinski definition) is 1. The normalized spacial score (nSPS) is 12.1.